The van der Waals surface area contributed by atoms with Crippen LogP contribution in [0.5, 0.6) is 0 Å². The summed E-state index contributed by atoms with van der Waals surface area (Å²) in [6.45, 7) is 0. The van der Waals surface area contributed by atoms with Crippen LogP contribution < -0.4 is 0 Å². The lowest BCUT2D eigenvalue weighted by molar-refractivity contribution is -0.108. The van der Waals surface area contributed by atoms with Gasteiger partial charge in [-0.15, -0.1) is 0 Å². The van der Waals surface area contributed by atoms with Gasteiger partial charge in [-0.25, -0.2) is 10.8 Å². The molecule has 0 heterocycles. The molecule has 0 rings (SSSR count). The van der Waals surface area contributed by atoms with Crippen molar-refractivity contribution >= 4 is 18.6 Å². The maximum Gasteiger partial charge on any atom is 0.120 e. The summed E-state index contributed by atoms with van der Waals surface area (Å²) >= 11 is 0. The average molecular weight is 142 g/mol. The van der Waals surface area contributed by atoms with Gasteiger partial charge in [0.1, 0.15) is 12.6 Å². The predicted octanol–water partition coefficient (Wildman–Crippen LogP) is 0.872. The molecule has 0 aromatic heterocycles. The van der Waals surface area contributed by atoms with E-state index in [9.17, 15) is 9.59 Å². The molecule has 0 spiro atoms. The number of nitrogens with one attached hydrogen (secondary N) is 2. The van der Waals surface area contributed by atoms with Crippen molar-refractivity contribution in [2.75, 3.05) is 0 Å². The van der Waals surface area contributed by atoms with Gasteiger partial charge in [0.05, 0.1) is 6.01 Å². The zero-order valence-corrected chi connectivity index (χ0v) is 5.59. The molecule has 0 aromatic carbocycles. The van der Waals surface area contributed by atoms with Crippen molar-refractivity contribution < 1.29 is 9.59 Å². The van der Waals surface area contributed by atoms with E-state index in [0.717, 1.165) is 12.6 Å². The molecule has 0 aliphatic rings. The zero-order chi connectivity index (χ0) is 8.24. The summed E-state index contributed by atoms with van der Waals surface area (Å²) in [4.78, 5) is 19.1. The first-order valence-electron chi connectivity index (χ1n) is 2.79. The van der Waals surface area contributed by atoms with Gasteiger partial charge < -0.3 is 9.59 Å². The van der Waals surface area contributed by atoms with E-state index in [1.54, 1.807) is 0 Å². The normalized spacial score (nSPS) is 6.40. The van der Waals surface area contributed by atoms with Crippen LogP contribution in [-0.2, 0) is 9.59 Å². The van der Waals surface area contributed by atoms with Crippen molar-refractivity contribution in [1.82, 2.24) is 0 Å². The SMILES string of the molecule is N=C=N.O=CCCCC=O. The Morgan fingerprint density at radius 1 is 1.10 bits per heavy atom. The third kappa shape index (κ3) is 29.7. The molecule has 2 N–H and O–H groups in total. The molecule has 0 atom stereocenters. The zero-order valence-electron chi connectivity index (χ0n) is 5.59. The van der Waals surface area contributed by atoms with E-state index in [-0.39, 0.29) is 0 Å². The van der Waals surface area contributed by atoms with Crippen molar-refractivity contribution in [3.8, 4) is 0 Å². The molecule has 0 fully saturated rings. The van der Waals surface area contributed by atoms with Crippen LogP contribution in [0.25, 0.3) is 0 Å². The summed E-state index contributed by atoms with van der Waals surface area (Å²) in [5.74, 6) is 0. The van der Waals surface area contributed by atoms with Crippen LogP contribution in [0.15, 0.2) is 0 Å². The molecule has 0 bridgehead atoms. The summed E-state index contributed by atoms with van der Waals surface area (Å²) < 4.78 is 0. The molecule has 0 unspecified atom stereocenters. The Bertz CT molecular complexity index is 109. The number of carbonyl (C=O) groups is 2. The second-order valence-electron chi connectivity index (χ2n) is 1.39. The fourth-order valence-electron chi connectivity index (χ4n) is 0.285. The molecule has 0 saturated carbocycles. The van der Waals surface area contributed by atoms with E-state index < -0.39 is 0 Å². The van der Waals surface area contributed by atoms with Gasteiger partial charge in [-0.05, 0) is 6.42 Å². The Kier molecular flexibility index (Phi) is 18.0. The van der Waals surface area contributed by atoms with E-state index in [1.165, 1.54) is 6.01 Å². The summed E-state index contributed by atoms with van der Waals surface area (Å²) in [5.41, 5.74) is 0. The van der Waals surface area contributed by atoms with Gasteiger partial charge in [0.2, 0.25) is 0 Å². The first kappa shape index (κ1) is 11.5. The van der Waals surface area contributed by atoms with Gasteiger partial charge in [-0.2, -0.15) is 0 Å². The largest absolute Gasteiger partial charge is 0.303 e. The van der Waals surface area contributed by atoms with Crippen LogP contribution in [0.2, 0.25) is 0 Å². The predicted molar refractivity (Wildman–Crippen MR) is 36.4 cm³/mol. The van der Waals surface area contributed by atoms with E-state index >= 15 is 0 Å². The summed E-state index contributed by atoms with van der Waals surface area (Å²) in [6.07, 6.45) is 3.37. The lowest BCUT2D eigenvalue weighted by atomic mass is 10.3. The van der Waals surface area contributed by atoms with E-state index in [0.29, 0.717) is 19.3 Å². The second-order valence-corrected chi connectivity index (χ2v) is 1.39. The van der Waals surface area contributed by atoms with Gasteiger partial charge in [0.15, 0.2) is 0 Å². The number of hydrogen-bond donors (Lipinski definition) is 2. The molecule has 4 heteroatoms. The number of unbranched alkanes of at least 4 members (excludes halogenated alkanes) is 2. The topological polar surface area (TPSA) is 81.8 Å². The molecule has 0 aliphatic carbocycles. The second kappa shape index (κ2) is 15.6. The summed E-state index contributed by atoms with van der Waals surface area (Å²) in [6, 6.07) is 1.25. The van der Waals surface area contributed by atoms with Crippen LogP contribution in [0, 0.1) is 10.8 Å². The Morgan fingerprint density at radius 3 is 1.60 bits per heavy atom. The Hall–Kier alpha value is -1.28. The lowest BCUT2D eigenvalue weighted by Gasteiger charge is -1.78. The van der Waals surface area contributed by atoms with E-state index in [2.05, 4.69) is 0 Å². The monoisotopic (exact) mass is 142 g/mol. The van der Waals surface area contributed by atoms with Crippen LogP contribution >= 0.6 is 0 Å². The minimum absolute atomic E-state index is 0.513. The van der Waals surface area contributed by atoms with Crippen LogP contribution in [-0.4, -0.2) is 18.6 Å². The Labute approximate surface area is 59.3 Å². The van der Waals surface area contributed by atoms with Crippen LogP contribution in [0.1, 0.15) is 19.3 Å². The molecule has 0 radical (unpaired) electrons. The minimum Gasteiger partial charge on any atom is -0.303 e. The highest BCUT2D eigenvalue weighted by molar-refractivity contribution is 5.52. The van der Waals surface area contributed by atoms with Crippen molar-refractivity contribution in [3.63, 3.8) is 0 Å². The van der Waals surface area contributed by atoms with Crippen LogP contribution in [0.4, 0.5) is 0 Å². The molecule has 0 aliphatic heterocycles. The van der Waals surface area contributed by atoms with Crippen molar-refractivity contribution in [2.24, 2.45) is 0 Å². The highest BCUT2D eigenvalue weighted by atomic mass is 16.1. The molecular formula is C6H10N2O2. The fourth-order valence-corrected chi connectivity index (χ4v) is 0.285. The first-order valence-corrected chi connectivity index (χ1v) is 2.79. The smallest absolute Gasteiger partial charge is 0.120 e. The standard InChI is InChI=1S/C5H8O2.CH2N2/c6-4-2-1-3-5-7;2-1-3/h4-5H,1-3H2;2-3H. The highest BCUT2D eigenvalue weighted by Gasteiger charge is 1.80. The van der Waals surface area contributed by atoms with Gasteiger partial charge in [-0.3, -0.25) is 0 Å². The van der Waals surface area contributed by atoms with Gasteiger partial charge in [0.25, 0.3) is 0 Å². The van der Waals surface area contributed by atoms with Crippen molar-refractivity contribution in [2.45, 2.75) is 19.3 Å². The van der Waals surface area contributed by atoms with E-state index in [1.807, 2.05) is 0 Å². The van der Waals surface area contributed by atoms with Gasteiger partial charge in [0, 0.05) is 12.8 Å². The summed E-state index contributed by atoms with van der Waals surface area (Å²) in [5, 5.41) is 11.2. The van der Waals surface area contributed by atoms with E-state index in [4.69, 9.17) is 10.8 Å². The molecule has 10 heavy (non-hydrogen) atoms. The van der Waals surface area contributed by atoms with Crippen molar-refractivity contribution in [3.05, 3.63) is 0 Å². The maximum absolute atomic E-state index is 9.56. The lowest BCUT2D eigenvalue weighted by Crippen LogP contribution is -1.76. The molecular weight excluding hydrogens is 132 g/mol. The fraction of sp³-hybridized carbons (Fsp3) is 0.500. The molecule has 56 valence electrons. The molecule has 0 saturated heterocycles. The Balaban J connectivity index is 0. The number of hydrogen-bond acceptors (Lipinski definition) is 4. The number of rotatable bonds is 4. The molecule has 0 amide bonds. The quantitative estimate of drug-likeness (QED) is 0.347. The third-order valence-corrected chi connectivity index (χ3v) is 0.644. The van der Waals surface area contributed by atoms with Gasteiger partial charge in [-0.1, -0.05) is 0 Å². The minimum atomic E-state index is 0.513. The first-order chi connectivity index (χ1) is 4.83. The maximum atomic E-state index is 9.56. The van der Waals surface area contributed by atoms with Crippen LogP contribution in [0.3, 0.4) is 0 Å². The summed E-state index contributed by atoms with van der Waals surface area (Å²) in [7, 11) is 0. The van der Waals surface area contributed by atoms with Crippen molar-refractivity contribution in [1.29, 1.82) is 10.8 Å². The highest BCUT2D eigenvalue weighted by Crippen LogP contribution is 1.85. The average Bonchev–Trinajstić information content (AvgIpc) is 1.91. The van der Waals surface area contributed by atoms with Gasteiger partial charge >= 0.3 is 0 Å². The molecule has 4 nitrogen and oxygen atoms in total. The third-order valence-electron chi connectivity index (χ3n) is 0.644. The number of carbonyl (C=O) groups excluding carboxylic acids is 2. The Morgan fingerprint density at radius 2 is 1.40 bits per heavy atom. The molecule has 0 aromatic rings. The number of aldehydes is 2.